The first-order chi connectivity index (χ1) is 14.7. The van der Waals surface area contributed by atoms with Crippen LogP contribution >= 0.6 is 0 Å². The number of carbonyl (C=O) groups excluding carboxylic acids is 1. The second-order valence-corrected chi connectivity index (χ2v) is 7.05. The Bertz CT molecular complexity index is 985. The Morgan fingerprint density at radius 3 is 2.20 bits per heavy atom. The van der Waals surface area contributed by atoms with Crippen molar-refractivity contribution in [2.75, 3.05) is 47.2 Å². The Hall–Kier alpha value is -3.65. The Balaban J connectivity index is 1.34. The lowest BCUT2D eigenvalue weighted by Gasteiger charge is -2.28. The second-order valence-electron chi connectivity index (χ2n) is 7.05. The van der Waals surface area contributed by atoms with E-state index in [1.807, 2.05) is 61.5 Å². The van der Waals surface area contributed by atoms with Crippen LogP contribution in [0.1, 0.15) is 5.56 Å². The fraction of sp³-hybridized carbons (Fsp3) is 0.227. The Labute approximate surface area is 175 Å². The number of nitrogens with one attached hydrogen (secondary N) is 3. The van der Waals surface area contributed by atoms with E-state index in [0.29, 0.717) is 11.5 Å². The van der Waals surface area contributed by atoms with Crippen LogP contribution in [0.4, 0.5) is 33.4 Å². The topological polar surface area (TPSA) is 91.4 Å². The van der Waals surface area contributed by atoms with Gasteiger partial charge < -0.3 is 25.6 Å². The van der Waals surface area contributed by atoms with Crippen molar-refractivity contribution in [3.05, 3.63) is 66.4 Å². The molecule has 0 radical (unpaired) electrons. The number of nitrogens with zero attached hydrogens (tertiary/aromatic N) is 3. The molecule has 3 aromatic rings. The van der Waals surface area contributed by atoms with Gasteiger partial charge in [0.25, 0.3) is 0 Å². The molecule has 154 valence electrons. The normalized spacial score (nSPS) is 13.6. The third kappa shape index (κ3) is 5.24. The summed E-state index contributed by atoms with van der Waals surface area (Å²) in [5.74, 6) is 0.664. The van der Waals surface area contributed by atoms with Crippen LogP contribution in [0.25, 0.3) is 0 Å². The molecule has 8 heteroatoms. The molecule has 0 aliphatic carbocycles. The van der Waals surface area contributed by atoms with E-state index in [2.05, 4.69) is 31.0 Å². The third-order valence-corrected chi connectivity index (χ3v) is 4.74. The third-order valence-electron chi connectivity index (χ3n) is 4.74. The van der Waals surface area contributed by atoms with Gasteiger partial charge in [-0.25, -0.2) is 4.79 Å². The van der Waals surface area contributed by atoms with Crippen molar-refractivity contribution in [2.45, 2.75) is 6.92 Å². The predicted octanol–water partition coefficient (Wildman–Crippen LogP) is 4.01. The summed E-state index contributed by atoms with van der Waals surface area (Å²) in [5.41, 5.74) is 4.45. The maximum absolute atomic E-state index is 12.2. The van der Waals surface area contributed by atoms with Gasteiger partial charge in [-0.15, -0.1) is 5.10 Å². The van der Waals surface area contributed by atoms with E-state index in [4.69, 9.17) is 4.74 Å². The van der Waals surface area contributed by atoms with Crippen LogP contribution in [0.15, 0.2) is 60.8 Å². The van der Waals surface area contributed by atoms with Gasteiger partial charge in [0.2, 0.25) is 0 Å². The molecule has 1 aliphatic rings. The molecule has 1 fully saturated rings. The number of amides is 2. The van der Waals surface area contributed by atoms with E-state index in [0.717, 1.165) is 48.9 Å². The fourth-order valence-electron chi connectivity index (χ4n) is 3.13. The van der Waals surface area contributed by atoms with E-state index in [9.17, 15) is 4.79 Å². The first-order valence-corrected chi connectivity index (χ1v) is 9.83. The summed E-state index contributed by atoms with van der Waals surface area (Å²) in [7, 11) is 0. The highest BCUT2D eigenvalue weighted by atomic mass is 16.5. The van der Waals surface area contributed by atoms with Gasteiger partial charge in [-0.3, -0.25) is 0 Å². The summed E-state index contributed by atoms with van der Waals surface area (Å²) in [6.07, 6.45) is 1.76. The summed E-state index contributed by atoms with van der Waals surface area (Å²) >= 11 is 0. The van der Waals surface area contributed by atoms with Crippen molar-refractivity contribution >= 4 is 34.6 Å². The van der Waals surface area contributed by atoms with Crippen molar-refractivity contribution in [3.63, 3.8) is 0 Å². The SMILES string of the molecule is Cc1ccc(NC(=O)Nc2ccc(Nc3cc(N4CCOCC4)cnn3)cc2)cc1. The van der Waals surface area contributed by atoms with Crippen molar-refractivity contribution in [1.82, 2.24) is 10.2 Å². The van der Waals surface area contributed by atoms with E-state index in [1.54, 1.807) is 6.20 Å². The van der Waals surface area contributed by atoms with Crippen molar-refractivity contribution in [2.24, 2.45) is 0 Å². The zero-order chi connectivity index (χ0) is 20.8. The first kappa shape index (κ1) is 19.7. The summed E-state index contributed by atoms with van der Waals surface area (Å²) in [6.45, 7) is 5.13. The largest absolute Gasteiger partial charge is 0.378 e. The molecule has 0 spiro atoms. The number of urea groups is 1. The van der Waals surface area contributed by atoms with Crippen molar-refractivity contribution < 1.29 is 9.53 Å². The number of carbonyl (C=O) groups is 1. The van der Waals surface area contributed by atoms with Crippen LogP contribution in [-0.2, 0) is 4.74 Å². The van der Waals surface area contributed by atoms with Gasteiger partial charge >= 0.3 is 6.03 Å². The van der Waals surface area contributed by atoms with Gasteiger partial charge in [-0.2, -0.15) is 5.10 Å². The lowest BCUT2D eigenvalue weighted by atomic mass is 10.2. The van der Waals surface area contributed by atoms with Gasteiger partial charge in [-0.1, -0.05) is 17.7 Å². The molecular formula is C22H24N6O2. The highest BCUT2D eigenvalue weighted by molar-refractivity contribution is 5.99. The monoisotopic (exact) mass is 404 g/mol. The number of aryl methyl sites for hydroxylation is 1. The van der Waals surface area contributed by atoms with Gasteiger partial charge in [0, 0.05) is 36.2 Å². The average Bonchev–Trinajstić information content (AvgIpc) is 2.77. The van der Waals surface area contributed by atoms with E-state index < -0.39 is 0 Å². The zero-order valence-corrected chi connectivity index (χ0v) is 16.8. The number of anilines is 5. The molecule has 0 unspecified atom stereocenters. The van der Waals surface area contributed by atoms with Crippen LogP contribution in [0.2, 0.25) is 0 Å². The Morgan fingerprint density at radius 1 is 0.933 bits per heavy atom. The van der Waals surface area contributed by atoms with Gasteiger partial charge in [-0.05, 0) is 43.3 Å². The highest BCUT2D eigenvalue weighted by Crippen LogP contribution is 2.21. The molecule has 0 bridgehead atoms. The first-order valence-electron chi connectivity index (χ1n) is 9.83. The summed E-state index contributed by atoms with van der Waals surface area (Å²) < 4.78 is 5.40. The summed E-state index contributed by atoms with van der Waals surface area (Å²) in [4.78, 5) is 14.4. The van der Waals surface area contributed by atoms with Crippen LogP contribution in [0, 0.1) is 6.92 Å². The molecule has 1 saturated heterocycles. The molecule has 1 aliphatic heterocycles. The molecule has 3 N–H and O–H groups in total. The lowest BCUT2D eigenvalue weighted by molar-refractivity contribution is 0.122. The van der Waals surface area contributed by atoms with Crippen LogP contribution < -0.4 is 20.9 Å². The van der Waals surface area contributed by atoms with E-state index in [-0.39, 0.29) is 6.03 Å². The number of hydrogen-bond donors (Lipinski definition) is 3. The molecule has 2 heterocycles. The molecule has 1 aromatic heterocycles. The Kier molecular flexibility index (Phi) is 6.05. The lowest BCUT2D eigenvalue weighted by Crippen LogP contribution is -2.36. The summed E-state index contributed by atoms with van der Waals surface area (Å²) in [5, 5.41) is 17.1. The van der Waals surface area contributed by atoms with Crippen molar-refractivity contribution in [1.29, 1.82) is 0 Å². The number of rotatable bonds is 5. The number of ether oxygens (including phenoxy) is 1. The number of hydrogen-bond acceptors (Lipinski definition) is 6. The van der Waals surface area contributed by atoms with Gasteiger partial charge in [0.1, 0.15) is 0 Å². The fourth-order valence-corrected chi connectivity index (χ4v) is 3.13. The minimum atomic E-state index is -0.288. The second kappa shape index (κ2) is 9.23. The van der Waals surface area contributed by atoms with Crippen molar-refractivity contribution in [3.8, 4) is 0 Å². The standard InChI is InChI=1S/C22H24N6O2/c1-16-2-4-18(5-3-16)25-22(29)26-19-8-6-17(7-9-19)24-21-14-20(15-23-27-21)28-10-12-30-13-11-28/h2-9,14-15H,10-13H2,1H3,(H,24,27)(H2,25,26,29). The van der Waals surface area contributed by atoms with Crippen LogP contribution in [0.3, 0.4) is 0 Å². The summed E-state index contributed by atoms with van der Waals surface area (Å²) in [6, 6.07) is 16.7. The number of benzene rings is 2. The minimum Gasteiger partial charge on any atom is -0.378 e. The highest BCUT2D eigenvalue weighted by Gasteiger charge is 2.12. The molecule has 4 rings (SSSR count). The smallest absolute Gasteiger partial charge is 0.323 e. The number of aromatic nitrogens is 2. The molecule has 2 amide bonds. The minimum absolute atomic E-state index is 0.288. The maximum Gasteiger partial charge on any atom is 0.323 e. The van der Waals surface area contributed by atoms with Crippen LogP contribution in [0.5, 0.6) is 0 Å². The molecule has 0 saturated carbocycles. The maximum atomic E-state index is 12.2. The average molecular weight is 404 g/mol. The predicted molar refractivity (Wildman–Crippen MR) is 119 cm³/mol. The van der Waals surface area contributed by atoms with E-state index in [1.165, 1.54) is 0 Å². The van der Waals surface area contributed by atoms with E-state index >= 15 is 0 Å². The zero-order valence-electron chi connectivity index (χ0n) is 16.8. The van der Waals surface area contributed by atoms with Gasteiger partial charge in [0.05, 0.1) is 25.1 Å². The quantitative estimate of drug-likeness (QED) is 0.595. The molecule has 8 nitrogen and oxygen atoms in total. The Morgan fingerprint density at radius 2 is 1.53 bits per heavy atom. The van der Waals surface area contributed by atoms with Gasteiger partial charge in [0.15, 0.2) is 5.82 Å². The molecular weight excluding hydrogens is 380 g/mol. The molecule has 30 heavy (non-hydrogen) atoms. The molecule has 2 aromatic carbocycles. The molecule has 0 atom stereocenters. The number of morpholine rings is 1. The van der Waals surface area contributed by atoms with Crippen LogP contribution in [-0.4, -0.2) is 42.5 Å².